The van der Waals surface area contributed by atoms with Gasteiger partial charge in [-0.05, 0) is 37.3 Å². The van der Waals surface area contributed by atoms with E-state index in [0.717, 1.165) is 4.70 Å². The monoisotopic (exact) mass is 476 g/mol. The summed E-state index contributed by atoms with van der Waals surface area (Å²) in [6, 6.07) is 19.7. The molecule has 172 valence electrons. The first-order valence-corrected chi connectivity index (χ1v) is 11.4. The Morgan fingerprint density at radius 3 is 2.56 bits per heavy atom. The Hall–Kier alpha value is -4.11. The fourth-order valence-corrected chi connectivity index (χ4v) is 4.54. The lowest BCUT2D eigenvalue weighted by Gasteiger charge is -2.07. The van der Waals surface area contributed by atoms with Crippen LogP contribution in [0.5, 0.6) is 23.0 Å². The number of carbonyl (C=O) groups is 2. The lowest BCUT2D eigenvalue weighted by Crippen LogP contribution is -2.23. The van der Waals surface area contributed by atoms with Crippen molar-refractivity contribution >= 4 is 33.4 Å². The molecule has 0 atom stereocenters. The molecule has 1 amide bonds. The fraction of sp³-hybridized carbons (Fsp3) is 0.160. The number of esters is 1. The van der Waals surface area contributed by atoms with Crippen molar-refractivity contribution in [1.29, 1.82) is 0 Å². The van der Waals surface area contributed by atoms with Crippen molar-refractivity contribution in [2.75, 3.05) is 13.4 Å². The number of carbonyl (C=O) groups excluding carboxylic acids is 2. The standard InChI is InChI=1S/C25H20N2O6S/c1-2-30-23(28)14-27-19-12-20-21(32-15-31-20)13-22(19)34-25(27)26-24(29)16-7-6-10-18(11-16)33-17-8-4-3-5-9-17/h3-13H,2,14-15H2,1H3. The fourth-order valence-electron chi connectivity index (χ4n) is 3.50. The first-order chi connectivity index (χ1) is 16.6. The molecule has 0 bridgehead atoms. The van der Waals surface area contributed by atoms with Crippen LogP contribution in [0.25, 0.3) is 10.2 Å². The average Bonchev–Trinajstić information content (AvgIpc) is 3.42. The SMILES string of the molecule is CCOC(=O)Cn1c(=NC(=O)c2cccc(Oc3ccccc3)c2)sc2cc3c(cc21)OCO3. The third-order valence-corrected chi connectivity index (χ3v) is 6.07. The number of amides is 1. The lowest BCUT2D eigenvalue weighted by atomic mass is 10.2. The van der Waals surface area contributed by atoms with Gasteiger partial charge in [0.05, 0.1) is 16.8 Å². The maximum Gasteiger partial charge on any atom is 0.326 e. The van der Waals surface area contributed by atoms with Gasteiger partial charge in [0.2, 0.25) is 6.79 Å². The van der Waals surface area contributed by atoms with Crippen LogP contribution in [0.1, 0.15) is 17.3 Å². The molecule has 1 aliphatic rings. The van der Waals surface area contributed by atoms with Gasteiger partial charge in [0.25, 0.3) is 5.91 Å². The molecule has 0 aliphatic carbocycles. The van der Waals surface area contributed by atoms with Gasteiger partial charge in [-0.2, -0.15) is 4.99 Å². The number of nitrogens with zero attached hydrogens (tertiary/aromatic N) is 2. The summed E-state index contributed by atoms with van der Waals surface area (Å²) in [4.78, 5) is 30.0. The second kappa shape index (κ2) is 9.40. The molecular formula is C25H20N2O6S. The molecule has 3 aromatic carbocycles. The van der Waals surface area contributed by atoms with Gasteiger partial charge < -0.3 is 23.5 Å². The van der Waals surface area contributed by atoms with Crippen molar-refractivity contribution in [1.82, 2.24) is 4.57 Å². The average molecular weight is 477 g/mol. The van der Waals surface area contributed by atoms with Crippen molar-refractivity contribution in [2.45, 2.75) is 13.5 Å². The third kappa shape index (κ3) is 4.51. The summed E-state index contributed by atoms with van der Waals surface area (Å²) in [6.07, 6.45) is 0. The van der Waals surface area contributed by atoms with Crippen LogP contribution in [0.4, 0.5) is 0 Å². The number of benzene rings is 3. The second-order valence-electron chi connectivity index (χ2n) is 7.31. The van der Waals surface area contributed by atoms with Crippen LogP contribution < -0.4 is 19.0 Å². The number of hydrogen-bond acceptors (Lipinski definition) is 7. The van der Waals surface area contributed by atoms with Crippen molar-refractivity contribution in [3.8, 4) is 23.0 Å². The Morgan fingerprint density at radius 2 is 1.76 bits per heavy atom. The summed E-state index contributed by atoms with van der Waals surface area (Å²) in [5, 5.41) is 0. The van der Waals surface area contributed by atoms with E-state index < -0.39 is 11.9 Å². The number of aromatic nitrogens is 1. The lowest BCUT2D eigenvalue weighted by molar-refractivity contribution is -0.143. The molecular weight excluding hydrogens is 456 g/mol. The van der Waals surface area contributed by atoms with Crippen molar-refractivity contribution in [3.63, 3.8) is 0 Å². The molecule has 0 saturated heterocycles. The molecule has 0 unspecified atom stereocenters. The van der Waals surface area contributed by atoms with Crippen LogP contribution in [-0.4, -0.2) is 29.8 Å². The first-order valence-electron chi connectivity index (χ1n) is 10.6. The zero-order valence-electron chi connectivity index (χ0n) is 18.2. The molecule has 0 fully saturated rings. The minimum atomic E-state index is -0.456. The summed E-state index contributed by atoms with van der Waals surface area (Å²) >= 11 is 1.28. The molecule has 0 spiro atoms. The molecule has 2 heterocycles. The summed E-state index contributed by atoms with van der Waals surface area (Å²) in [5.41, 5.74) is 1.07. The van der Waals surface area contributed by atoms with E-state index in [1.54, 1.807) is 41.8 Å². The molecule has 5 rings (SSSR count). The van der Waals surface area contributed by atoms with Gasteiger partial charge in [-0.1, -0.05) is 35.6 Å². The zero-order chi connectivity index (χ0) is 23.5. The second-order valence-corrected chi connectivity index (χ2v) is 8.32. The Labute approximate surface area is 198 Å². The van der Waals surface area contributed by atoms with Crippen LogP contribution in [0.2, 0.25) is 0 Å². The predicted molar refractivity (Wildman–Crippen MR) is 125 cm³/mol. The Balaban J connectivity index is 1.52. The van der Waals surface area contributed by atoms with Gasteiger partial charge >= 0.3 is 5.97 Å². The Bertz CT molecular complexity index is 1440. The topological polar surface area (TPSA) is 88.4 Å². The van der Waals surface area contributed by atoms with Gasteiger partial charge in [0, 0.05) is 17.7 Å². The molecule has 0 radical (unpaired) electrons. The van der Waals surface area contributed by atoms with E-state index in [9.17, 15) is 9.59 Å². The van der Waals surface area contributed by atoms with Crippen molar-refractivity contribution in [3.05, 3.63) is 77.1 Å². The predicted octanol–water partition coefficient (Wildman–Crippen LogP) is 4.53. The van der Waals surface area contributed by atoms with Gasteiger partial charge in [-0.25, -0.2) is 0 Å². The smallest absolute Gasteiger partial charge is 0.326 e. The normalized spacial score (nSPS) is 12.7. The van der Waals surface area contributed by atoms with Crippen molar-refractivity contribution < 1.29 is 28.5 Å². The van der Waals surface area contributed by atoms with Crippen LogP contribution in [-0.2, 0) is 16.1 Å². The van der Waals surface area contributed by atoms with Crippen LogP contribution in [0, 0.1) is 0 Å². The number of para-hydroxylation sites is 1. The van der Waals surface area contributed by atoms with E-state index in [1.807, 2.05) is 36.4 Å². The first kappa shape index (κ1) is 21.7. The van der Waals surface area contributed by atoms with E-state index in [0.29, 0.717) is 38.9 Å². The van der Waals surface area contributed by atoms with Gasteiger partial charge in [-0.15, -0.1) is 0 Å². The van der Waals surface area contributed by atoms with Gasteiger partial charge in [-0.3, -0.25) is 9.59 Å². The van der Waals surface area contributed by atoms with E-state index in [-0.39, 0.29) is 19.9 Å². The zero-order valence-corrected chi connectivity index (χ0v) is 19.0. The van der Waals surface area contributed by atoms with E-state index in [2.05, 4.69) is 4.99 Å². The minimum absolute atomic E-state index is 0.0866. The summed E-state index contributed by atoms with van der Waals surface area (Å²) in [6.45, 7) is 2.05. The largest absolute Gasteiger partial charge is 0.465 e. The number of ether oxygens (including phenoxy) is 4. The summed E-state index contributed by atoms with van der Waals surface area (Å²) < 4.78 is 24.3. The van der Waals surface area contributed by atoms with Crippen LogP contribution >= 0.6 is 11.3 Å². The Morgan fingerprint density at radius 1 is 1.00 bits per heavy atom. The molecule has 8 nitrogen and oxygen atoms in total. The highest BCUT2D eigenvalue weighted by atomic mass is 32.1. The van der Waals surface area contributed by atoms with E-state index in [4.69, 9.17) is 18.9 Å². The number of thiazole rings is 1. The van der Waals surface area contributed by atoms with Crippen LogP contribution in [0.3, 0.4) is 0 Å². The molecule has 1 aromatic heterocycles. The number of rotatable bonds is 6. The van der Waals surface area contributed by atoms with E-state index in [1.165, 1.54) is 11.3 Å². The molecule has 34 heavy (non-hydrogen) atoms. The van der Waals surface area contributed by atoms with Gasteiger partial charge in [0.1, 0.15) is 18.0 Å². The quantitative estimate of drug-likeness (QED) is 0.380. The molecule has 0 N–H and O–H groups in total. The summed E-state index contributed by atoms with van der Waals surface area (Å²) in [5.74, 6) is 1.49. The molecule has 4 aromatic rings. The molecule has 1 aliphatic heterocycles. The Kier molecular flexibility index (Phi) is 6.01. The van der Waals surface area contributed by atoms with Crippen LogP contribution in [0.15, 0.2) is 71.7 Å². The van der Waals surface area contributed by atoms with Gasteiger partial charge in [0.15, 0.2) is 16.3 Å². The highest BCUT2D eigenvalue weighted by Gasteiger charge is 2.19. The highest BCUT2D eigenvalue weighted by Crippen LogP contribution is 2.37. The maximum absolute atomic E-state index is 13.1. The number of fused-ring (bicyclic) bond motifs is 2. The third-order valence-electron chi connectivity index (χ3n) is 5.03. The highest BCUT2D eigenvalue weighted by molar-refractivity contribution is 7.16. The molecule has 9 heteroatoms. The number of hydrogen-bond donors (Lipinski definition) is 0. The maximum atomic E-state index is 13.1. The molecule has 0 saturated carbocycles. The minimum Gasteiger partial charge on any atom is -0.465 e. The van der Waals surface area contributed by atoms with E-state index >= 15 is 0 Å². The summed E-state index contributed by atoms with van der Waals surface area (Å²) in [7, 11) is 0. The van der Waals surface area contributed by atoms with Crippen molar-refractivity contribution in [2.24, 2.45) is 4.99 Å².